The molecule has 0 radical (unpaired) electrons. The largest absolute Gasteiger partial charge is 0.339 e. The van der Waals surface area contributed by atoms with E-state index in [9.17, 15) is 9.59 Å². The van der Waals surface area contributed by atoms with Crippen LogP contribution in [0.2, 0.25) is 0 Å². The Bertz CT molecular complexity index is 871. The van der Waals surface area contributed by atoms with Crippen LogP contribution < -0.4 is 5.69 Å². The van der Waals surface area contributed by atoms with Crippen LogP contribution in [0.15, 0.2) is 40.7 Å². The van der Waals surface area contributed by atoms with E-state index in [1.165, 1.54) is 0 Å². The number of imidazole rings is 1. The van der Waals surface area contributed by atoms with Gasteiger partial charge in [-0.25, -0.2) is 4.79 Å². The molecule has 25 heavy (non-hydrogen) atoms. The summed E-state index contributed by atoms with van der Waals surface area (Å²) in [5.74, 6) is 0.179. The van der Waals surface area contributed by atoms with Gasteiger partial charge >= 0.3 is 5.69 Å². The average Bonchev–Trinajstić information content (AvgIpc) is 2.97. The molecule has 2 aliphatic heterocycles. The summed E-state index contributed by atoms with van der Waals surface area (Å²) < 4.78 is 1.87. The standard InChI is InChI=1S/C19H24N4O2/c1-21-10-6-14(7-11-21)18(24)22-12-8-15(9-13-22)23-17-5-3-2-4-16(17)20-19(23)25/h2-6,15H,7-13H2,1H3,(H,20,25). The van der Waals surface area contributed by atoms with E-state index in [-0.39, 0.29) is 17.6 Å². The molecular formula is C19H24N4O2. The Kier molecular flexibility index (Phi) is 4.21. The van der Waals surface area contributed by atoms with Gasteiger partial charge in [-0.05, 0) is 38.4 Å². The molecular weight excluding hydrogens is 316 g/mol. The topological polar surface area (TPSA) is 61.3 Å². The molecule has 1 N–H and O–H groups in total. The van der Waals surface area contributed by atoms with E-state index in [0.717, 1.165) is 49.0 Å². The Morgan fingerprint density at radius 1 is 1.16 bits per heavy atom. The number of aromatic nitrogens is 2. The summed E-state index contributed by atoms with van der Waals surface area (Å²) in [4.78, 5) is 32.1. The van der Waals surface area contributed by atoms with E-state index >= 15 is 0 Å². The lowest BCUT2D eigenvalue weighted by Gasteiger charge is -2.34. The molecule has 0 saturated carbocycles. The van der Waals surface area contributed by atoms with E-state index in [0.29, 0.717) is 13.1 Å². The van der Waals surface area contributed by atoms with Crippen LogP contribution in [0.3, 0.4) is 0 Å². The number of fused-ring (bicyclic) bond motifs is 1. The maximum atomic E-state index is 12.7. The van der Waals surface area contributed by atoms with Gasteiger partial charge in [0.25, 0.3) is 0 Å². The van der Waals surface area contributed by atoms with E-state index in [2.05, 4.69) is 23.0 Å². The minimum absolute atomic E-state index is 0.0518. The number of hydrogen-bond acceptors (Lipinski definition) is 3. The molecule has 6 nitrogen and oxygen atoms in total. The zero-order valence-corrected chi connectivity index (χ0v) is 14.6. The number of para-hydroxylation sites is 2. The van der Waals surface area contributed by atoms with Crippen molar-refractivity contribution in [2.24, 2.45) is 0 Å². The Hall–Kier alpha value is -2.34. The van der Waals surface area contributed by atoms with Gasteiger partial charge in [0.2, 0.25) is 5.91 Å². The number of likely N-dealkylation sites (tertiary alicyclic amines) is 1. The number of amides is 1. The zero-order chi connectivity index (χ0) is 17.4. The molecule has 0 spiro atoms. The highest BCUT2D eigenvalue weighted by molar-refractivity contribution is 5.93. The van der Waals surface area contributed by atoms with Gasteiger partial charge < -0.3 is 14.8 Å². The lowest BCUT2D eigenvalue weighted by molar-refractivity contribution is -0.128. The minimum Gasteiger partial charge on any atom is -0.339 e. The first-order valence-electron chi connectivity index (χ1n) is 8.99. The van der Waals surface area contributed by atoms with Gasteiger partial charge in [-0.2, -0.15) is 0 Å². The minimum atomic E-state index is -0.0518. The van der Waals surface area contributed by atoms with Crippen molar-refractivity contribution in [1.29, 1.82) is 0 Å². The molecule has 0 atom stereocenters. The van der Waals surface area contributed by atoms with Crippen LogP contribution in [0.25, 0.3) is 11.0 Å². The van der Waals surface area contributed by atoms with Crippen LogP contribution in [0.5, 0.6) is 0 Å². The second kappa shape index (κ2) is 6.52. The van der Waals surface area contributed by atoms with Gasteiger partial charge in [0.05, 0.1) is 11.0 Å². The Morgan fingerprint density at radius 3 is 2.64 bits per heavy atom. The summed E-state index contributed by atoms with van der Waals surface area (Å²) in [5, 5.41) is 0. The third-order valence-electron chi connectivity index (χ3n) is 5.43. The van der Waals surface area contributed by atoms with Gasteiger partial charge in [-0.3, -0.25) is 9.36 Å². The molecule has 2 aliphatic rings. The van der Waals surface area contributed by atoms with Crippen molar-refractivity contribution in [3.8, 4) is 0 Å². The Balaban J connectivity index is 1.47. The number of rotatable bonds is 2. The zero-order valence-electron chi connectivity index (χ0n) is 14.6. The molecule has 6 heteroatoms. The van der Waals surface area contributed by atoms with Crippen molar-refractivity contribution in [2.75, 3.05) is 33.2 Å². The normalized spacial score (nSPS) is 20.0. The lowest BCUT2D eigenvalue weighted by Crippen LogP contribution is -2.42. The maximum absolute atomic E-state index is 12.7. The van der Waals surface area contributed by atoms with Crippen molar-refractivity contribution < 1.29 is 4.79 Å². The quantitative estimate of drug-likeness (QED) is 0.906. The van der Waals surface area contributed by atoms with Crippen LogP contribution in [-0.4, -0.2) is 58.5 Å². The second-order valence-corrected chi connectivity index (χ2v) is 7.08. The summed E-state index contributed by atoms with van der Waals surface area (Å²) in [6.07, 6.45) is 4.53. The van der Waals surface area contributed by atoms with Gasteiger partial charge in [-0.1, -0.05) is 18.2 Å². The number of likely N-dealkylation sites (N-methyl/N-ethyl adjacent to an activating group) is 1. The van der Waals surface area contributed by atoms with E-state index in [1.807, 2.05) is 33.7 Å². The van der Waals surface area contributed by atoms with Crippen LogP contribution in [0.1, 0.15) is 25.3 Å². The first-order chi connectivity index (χ1) is 12.1. The molecule has 132 valence electrons. The molecule has 0 unspecified atom stereocenters. The van der Waals surface area contributed by atoms with E-state index < -0.39 is 0 Å². The highest BCUT2D eigenvalue weighted by atomic mass is 16.2. The fraction of sp³-hybridized carbons (Fsp3) is 0.474. The summed E-state index contributed by atoms with van der Waals surface area (Å²) >= 11 is 0. The summed E-state index contributed by atoms with van der Waals surface area (Å²) in [7, 11) is 2.07. The van der Waals surface area contributed by atoms with Crippen molar-refractivity contribution in [3.05, 3.63) is 46.4 Å². The molecule has 1 aromatic carbocycles. The van der Waals surface area contributed by atoms with Gasteiger partial charge in [0.1, 0.15) is 0 Å². The maximum Gasteiger partial charge on any atom is 0.326 e. The second-order valence-electron chi connectivity index (χ2n) is 7.08. The third kappa shape index (κ3) is 3.02. The molecule has 4 rings (SSSR count). The highest BCUT2D eigenvalue weighted by Gasteiger charge is 2.28. The Morgan fingerprint density at radius 2 is 1.92 bits per heavy atom. The first-order valence-corrected chi connectivity index (χ1v) is 8.99. The monoisotopic (exact) mass is 340 g/mol. The van der Waals surface area contributed by atoms with Crippen molar-refractivity contribution in [2.45, 2.75) is 25.3 Å². The average molecular weight is 340 g/mol. The van der Waals surface area contributed by atoms with Crippen LogP contribution in [0, 0.1) is 0 Å². The SMILES string of the molecule is CN1CC=C(C(=O)N2CCC(n3c(=O)[nH]c4ccccc43)CC2)CC1. The first kappa shape index (κ1) is 16.1. The third-order valence-corrected chi connectivity index (χ3v) is 5.43. The number of piperidine rings is 1. The number of carbonyl (C=O) groups excluding carboxylic acids is 1. The van der Waals surface area contributed by atoms with Crippen molar-refractivity contribution in [1.82, 2.24) is 19.4 Å². The molecule has 1 saturated heterocycles. The summed E-state index contributed by atoms with van der Waals surface area (Å²) in [6.45, 7) is 3.21. The predicted molar refractivity (Wildman–Crippen MR) is 97.6 cm³/mol. The van der Waals surface area contributed by atoms with Gasteiger partial charge in [-0.15, -0.1) is 0 Å². The predicted octanol–water partition coefficient (Wildman–Crippen LogP) is 1.75. The fourth-order valence-corrected chi connectivity index (χ4v) is 3.93. The van der Waals surface area contributed by atoms with E-state index in [4.69, 9.17) is 0 Å². The summed E-state index contributed by atoms with van der Waals surface area (Å²) in [6, 6.07) is 7.95. The smallest absolute Gasteiger partial charge is 0.326 e. The van der Waals surface area contributed by atoms with Crippen LogP contribution in [0.4, 0.5) is 0 Å². The lowest BCUT2D eigenvalue weighted by atomic mass is 10.0. The van der Waals surface area contributed by atoms with Crippen molar-refractivity contribution >= 4 is 16.9 Å². The highest BCUT2D eigenvalue weighted by Crippen LogP contribution is 2.26. The number of hydrogen-bond donors (Lipinski definition) is 1. The number of benzene rings is 1. The molecule has 1 amide bonds. The number of carbonyl (C=O) groups is 1. The molecule has 2 aromatic rings. The van der Waals surface area contributed by atoms with Crippen LogP contribution >= 0.6 is 0 Å². The molecule has 0 bridgehead atoms. The number of nitrogens with zero attached hydrogens (tertiary/aromatic N) is 3. The van der Waals surface area contributed by atoms with Gasteiger partial charge in [0.15, 0.2) is 0 Å². The number of aromatic amines is 1. The van der Waals surface area contributed by atoms with Crippen LogP contribution in [-0.2, 0) is 4.79 Å². The molecule has 0 aliphatic carbocycles. The number of nitrogens with one attached hydrogen (secondary N) is 1. The molecule has 1 aromatic heterocycles. The Labute approximate surface area is 146 Å². The van der Waals surface area contributed by atoms with E-state index in [1.54, 1.807) is 0 Å². The van der Waals surface area contributed by atoms with Gasteiger partial charge in [0, 0.05) is 37.8 Å². The number of H-pyrrole nitrogens is 1. The molecule has 3 heterocycles. The van der Waals surface area contributed by atoms with Crippen molar-refractivity contribution in [3.63, 3.8) is 0 Å². The molecule has 1 fully saturated rings. The fourth-order valence-electron chi connectivity index (χ4n) is 3.93. The summed E-state index contributed by atoms with van der Waals surface area (Å²) in [5.41, 5.74) is 2.72.